The number of nitrogens with zero attached hydrogens (tertiary/aromatic N) is 1. The maximum absolute atomic E-state index is 12.3. The van der Waals surface area contributed by atoms with Crippen LogP contribution in [-0.4, -0.2) is 64.9 Å². The van der Waals surface area contributed by atoms with E-state index >= 15 is 0 Å². The van der Waals surface area contributed by atoms with Gasteiger partial charge in [-0.3, -0.25) is 14.5 Å². The molecular weight excluding hydrogens is 572 g/mol. The van der Waals surface area contributed by atoms with Gasteiger partial charge in [0.15, 0.2) is 12.4 Å². The lowest BCUT2D eigenvalue weighted by Crippen LogP contribution is -2.46. The molecule has 0 unspecified atom stereocenters. The van der Waals surface area contributed by atoms with Gasteiger partial charge in [0, 0.05) is 37.5 Å². The Labute approximate surface area is 265 Å². The number of aliphatic hydroxyl groups is 2. The van der Waals surface area contributed by atoms with Crippen molar-refractivity contribution in [3.63, 3.8) is 0 Å². The summed E-state index contributed by atoms with van der Waals surface area (Å²) in [4.78, 5) is 25.8. The van der Waals surface area contributed by atoms with Crippen LogP contribution in [0.2, 0.25) is 0 Å². The average Bonchev–Trinajstić information content (AvgIpc) is 3.51. The summed E-state index contributed by atoms with van der Waals surface area (Å²) in [6.07, 6.45) is 0.335. The third-order valence-electron chi connectivity index (χ3n) is 8.87. The Morgan fingerprint density at radius 1 is 0.978 bits per heavy atom. The summed E-state index contributed by atoms with van der Waals surface area (Å²) in [5, 5.41) is 22.3. The summed E-state index contributed by atoms with van der Waals surface area (Å²) in [5.74, 6) is -0.772. The van der Waals surface area contributed by atoms with E-state index in [9.17, 15) is 19.8 Å². The molecule has 3 aromatic rings. The number of aliphatic hydroxyl groups excluding tert-OH is 2. The number of likely N-dealkylation sites (tertiary alicyclic amines) is 1. The Kier molecular flexibility index (Phi) is 11.0. The van der Waals surface area contributed by atoms with Gasteiger partial charge >= 0.3 is 5.97 Å². The van der Waals surface area contributed by atoms with Crippen molar-refractivity contribution in [3.05, 3.63) is 95.1 Å². The van der Waals surface area contributed by atoms with Crippen LogP contribution in [0.25, 0.3) is 11.1 Å². The zero-order chi connectivity index (χ0) is 31.9. The van der Waals surface area contributed by atoms with Gasteiger partial charge in [0.05, 0.1) is 25.4 Å². The summed E-state index contributed by atoms with van der Waals surface area (Å²) in [6, 6.07) is 24.1. The SMILES string of the molecule is CC(=O)O[C@@H](C)C(=O)NCc1cccc(-c2ccc([C@H]3O[C@@H](CN4CCC[C@H]4CO)[C@@H](C)[C@@H](c4ccc(CO)cc4)O3)cc2)c1. The lowest BCUT2D eigenvalue weighted by molar-refractivity contribution is -0.276. The molecule has 0 saturated carbocycles. The molecule has 9 nitrogen and oxygen atoms in total. The van der Waals surface area contributed by atoms with Crippen molar-refractivity contribution in [3.8, 4) is 11.1 Å². The van der Waals surface area contributed by atoms with Crippen LogP contribution in [0.15, 0.2) is 72.8 Å². The highest BCUT2D eigenvalue weighted by Crippen LogP contribution is 2.42. The number of carbonyl (C=O) groups excluding carboxylic acids is 2. The first kappa shape index (κ1) is 32.8. The number of benzene rings is 3. The van der Waals surface area contributed by atoms with Crippen LogP contribution in [0.3, 0.4) is 0 Å². The minimum Gasteiger partial charge on any atom is -0.453 e. The van der Waals surface area contributed by atoms with E-state index in [1.807, 2.05) is 72.8 Å². The highest BCUT2D eigenvalue weighted by Gasteiger charge is 2.40. The molecule has 45 heavy (non-hydrogen) atoms. The molecule has 0 bridgehead atoms. The van der Waals surface area contributed by atoms with Gasteiger partial charge in [-0.2, -0.15) is 0 Å². The van der Waals surface area contributed by atoms with Gasteiger partial charge in [-0.25, -0.2) is 0 Å². The van der Waals surface area contributed by atoms with E-state index in [0.717, 1.165) is 59.3 Å². The molecule has 2 aliphatic rings. The number of ether oxygens (including phenoxy) is 3. The lowest BCUT2D eigenvalue weighted by Gasteiger charge is -2.43. The molecule has 0 radical (unpaired) electrons. The van der Waals surface area contributed by atoms with Gasteiger partial charge in [-0.1, -0.05) is 73.7 Å². The van der Waals surface area contributed by atoms with Gasteiger partial charge in [0.2, 0.25) is 0 Å². The number of nitrogens with one attached hydrogen (secondary N) is 1. The molecule has 2 fully saturated rings. The zero-order valence-electron chi connectivity index (χ0n) is 26.2. The number of rotatable bonds is 11. The predicted molar refractivity (Wildman–Crippen MR) is 170 cm³/mol. The Bertz CT molecular complexity index is 1430. The van der Waals surface area contributed by atoms with Gasteiger partial charge < -0.3 is 29.7 Å². The number of esters is 1. The van der Waals surface area contributed by atoms with Crippen LogP contribution < -0.4 is 5.32 Å². The van der Waals surface area contributed by atoms with E-state index in [4.69, 9.17) is 14.2 Å². The Morgan fingerprint density at radius 3 is 2.40 bits per heavy atom. The minimum absolute atomic E-state index is 0.00753. The summed E-state index contributed by atoms with van der Waals surface area (Å²) in [5.41, 5.74) is 5.75. The quantitative estimate of drug-likeness (QED) is 0.267. The first-order valence-corrected chi connectivity index (χ1v) is 15.8. The van der Waals surface area contributed by atoms with Crippen LogP contribution in [0.4, 0.5) is 0 Å². The largest absolute Gasteiger partial charge is 0.453 e. The van der Waals surface area contributed by atoms with E-state index in [-0.39, 0.29) is 43.3 Å². The topological polar surface area (TPSA) is 118 Å². The Balaban J connectivity index is 1.31. The summed E-state index contributed by atoms with van der Waals surface area (Å²) in [7, 11) is 0. The molecule has 2 heterocycles. The molecule has 2 aliphatic heterocycles. The first-order chi connectivity index (χ1) is 21.7. The first-order valence-electron chi connectivity index (χ1n) is 15.8. The van der Waals surface area contributed by atoms with E-state index in [1.165, 1.54) is 6.92 Å². The normalized spacial score (nSPS) is 24.2. The second-order valence-electron chi connectivity index (χ2n) is 12.1. The van der Waals surface area contributed by atoms with Crippen LogP contribution in [0.1, 0.15) is 68.3 Å². The van der Waals surface area contributed by atoms with E-state index in [1.54, 1.807) is 6.92 Å². The molecule has 0 aliphatic carbocycles. The molecule has 0 aromatic heterocycles. The van der Waals surface area contributed by atoms with Crippen LogP contribution in [-0.2, 0) is 37.0 Å². The van der Waals surface area contributed by atoms with Gasteiger partial charge in [-0.15, -0.1) is 0 Å². The van der Waals surface area contributed by atoms with Gasteiger partial charge in [0.25, 0.3) is 5.91 Å². The van der Waals surface area contributed by atoms with Crippen molar-refractivity contribution in [2.24, 2.45) is 5.92 Å². The fourth-order valence-electron chi connectivity index (χ4n) is 6.23. The zero-order valence-corrected chi connectivity index (χ0v) is 26.2. The molecule has 9 heteroatoms. The van der Waals surface area contributed by atoms with Gasteiger partial charge in [0.1, 0.15) is 0 Å². The smallest absolute Gasteiger partial charge is 0.303 e. The fourth-order valence-corrected chi connectivity index (χ4v) is 6.23. The molecule has 6 atom stereocenters. The lowest BCUT2D eigenvalue weighted by atomic mass is 9.89. The number of carbonyl (C=O) groups is 2. The standard InChI is InChI=1S/C36H44N2O7/c1-23-33(20-38-17-5-8-32(38)22-40)44-36(45-34(23)29-11-9-26(21-39)10-12-29)30-15-13-28(14-16-30)31-7-4-6-27(18-31)19-37-35(42)24(2)43-25(3)41/h4,6-7,9-16,18,23-24,32-34,36,39-40H,5,8,17,19-22H2,1-3H3,(H,37,42)/t23-,24+,32+,33+,34+,36+/m1/s1. The third kappa shape index (κ3) is 8.17. The van der Waals surface area contributed by atoms with E-state index in [2.05, 4.69) is 17.1 Å². The highest BCUT2D eigenvalue weighted by molar-refractivity contribution is 5.82. The highest BCUT2D eigenvalue weighted by atomic mass is 16.7. The summed E-state index contributed by atoms with van der Waals surface area (Å²) >= 11 is 0. The second-order valence-corrected chi connectivity index (χ2v) is 12.1. The van der Waals surface area contributed by atoms with Crippen LogP contribution in [0, 0.1) is 5.92 Å². The van der Waals surface area contributed by atoms with Crippen molar-refractivity contribution in [1.29, 1.82) is 0 Å². The number of amides is 1. The number of hydrogen-bond acceptors (Lipinski definition) is 8. The van der Waals surface area contributed by atoms with Crippen LogP contribution >= 0.6 is 0 Å². The Morgan fingerprint density at radius 2 is 1.71 bits per heavy atom. The van der Waals surface area contributed by atoms with Crippen molar-refractivity contribution in [1.82, 2.24) is 10.2 Å². The summed E-state index contributed by atoms with van der Waals surface area (Å²) in [6.45, 7) is 7.11. The maximum atomic E-state index is 12.3. The van der Waals surface area contributed by atoms with Crippen molar-refractivity contribution in [2.75, 3.05) is 19.7 Å². The molecular formula is C36H44N2O7. The monoisotopic (exact) mass is 616 g/mol. The molecule has 3 aromatic carbocycles. The van der Waals surface area contributed by atoms with E-state index < -0.39 is 18.4 Å². The molecule has 240 valence electrons. The van der Waals surface area contributed by atoms with E-state index in [0.29, 0.717) is 6.54 Å². The molecule has 5 rings (SSSR count). The minimum atomic E-state index is -0.851. The summed E-state index contributed by atoms with van der Waals surface area (Å²) < 4.78 is 18.2. The predicted octanol–water partition coefficient (Wildman–Crippen LogP) is 4.66. The van der Waals surface area contributed by atoms with Gasteiger partial charge in [-0.05, 0) is 60.2 Å². The number of hydrogen-bond donors (Lipinski definition) is 3. The fraction of sp³-hybridized carbons (Fsp3) is 0.444. The second kappa shape index (κ2) is 15.1. The molecule has 3 N–H and O–H groups in total. The Hall–Kier alpha value is -3.60. The van der Waals surface area contributed by atoms with Crippen molar-refractivity contribution in [2.45, 2.75) is 77.4 Å². The maximum Gasteiger partial charge on any atom is 0.303 e. The van der Waals surface area contributed by atoms with Crippen molar-refractivity contribution < 1.29 is 34.0 Å². The molecule has 2 saturated heterocycles. The van der Waals surface area contributed by atoms with Crippen molar-refractivity contribution >= 4 is 11.9 Å². The molecule has 0 spiro atoms. The average molecular weight is 617 g/mol. The molecule has 1 amide bonds. The van der Waals surface area contributed by atoms with Crippen LogP contribution in [0.5, 0.6) is 0 Å². The third-order valence-corrected chi connectivity index (χ3v) is 8.87.